The van der Waals surface area contributed by atoms with E-state index in [-0.39, 0.29) is 24.8 Å². The largest absolute Gasteiger partial charge is 0.490 e. The van der Waals surface area contributed by atoms with Gasteiger partial charge in [0.15, 0.2) is 0 Å². The van der Waals surface area contributed by atoms with E-state index in [4.69, 9.17) is 25.8 Å². The number of aryl methyl sites for hydroxylation is 1. The van der Waals surface area contributed by atoms with Crippen LogP contribution in [0.5, 0.6) is 5.75 Å². The van der Waals surface area contributed by atoms with Crippen LogP contribution in [0.2, 0.25) is 5.02 Å². The monoisotopic (exact) mass is 410 g/mol. The molecule has 0 radical (unpaired) electrons. The lowest BCUT2D eigenvalue weighted by Crippen LogP contribution is -2.58. The van der Waals surface area contributed by atoms with Crippen LogP contribution in [0.4, 0.5) is 0 Å². The van der Waals surface area contributed by atoms with Crippen molar-refractivity contribution in [3.8, 4) is 5.75 Å². The van der Waals surface area contributed by atoms with Gasteiger partial charge in [-0.05, 0) is 30.7 Å². The Kier molecular flexibility index (Phi) is 6.80. The zero-order valence-electron chi connectivity index (χ0n) is 16.4. The topological polar surface area (TPSA) is 68.3 Å². The minimum Gasteiger partial charge on any atom is -0.490 e. The Morgan fingerprint density at radius 1 is 1.18 bits per heavy atom. The maximum absolute atomic E-state index is 12.9. The molecule has 2 aliphatic heterocycles. The fraction of sp³-hybridized carbons (Fsp3) is 0.600. The molecule has 7 nitrogen and oxygen atoms in total. The quantitative estimate of drug-likeness (QED) is 0.741. The van der Waals surface area contributed by atoms with Gasteiger partial charge in [0.25, 0.3) is 0 Å². The number of halogens is 1. The third-order valence-corrected chi connectivity index (χ3v) is 5.59. The van der Waals surface area contributed by atoms with Crippen LogP contribution in [0.15, 0.2) is 18.2 Å². The number of ether oxygens (including phenoxy) is 3. The smallest absolute Gasteiger partial charge is 0.225 e. The molecule has 0 N–H and O–H groups in total. The van der Waals surface area contributed by atoms with Crippen LogP contribution < -0.4 is 4.74 Å². The van der Waals surface area contributed by atoms with E-state index in [0.29, 0.717) is 56.8 Å². The summed E-state index contributed by atoms with van der Waals surface area (Å²) in [5, 5.41) is 0.668. The zero-order chi connectivity index (χ0) is 20.1. The Morgan fingerprint density at radius 3 is 2.57 bits per heavy atom. The molecule has 1 aromatic rings. The van der Waals surface area contributed by atoms with Gasteiger partial charge < -0.3 is 24.0 Å². The average molecular weight is 411 g/mol. The highest BCUT2D eigenvalue weighted by molar-refractivity contribution is 6.31. The molecule has 0 saturated carbocycles. The van der Waals surface area contributed by atoms with Crippen LogP contribution in [-0.4, -0.2) is 79.8 Å². The molecular formula is C20H27ClN2O5. The van der Waals surface area contributed by atoms with E-state index in [1.165, 1.54) is 6.92 Å². The van der Waals surface area contributed by atoms with Crippen molar-refractivity contribution in [3.63, 3.8) is 0 Å². The van der Waals surface area contributed by atoms with Gasteiger partial charge in [0.05, 0.1) is 32.8 Å². The average Bonchev–Trinajstić information content (AvgIpc) is 2.70. The first kappa shape index (κ1) is 20.9. The van der Waals surface area contributed by atoms with E-state index in [1.807, 2.05) is 13.0 Å². The second-order valence-corrected chi connectivity index (χ2v) is 7.75. The molecule has 2 aliphatic rings. The Labute approximate surface area is 170 Å². The molecule has 2 fully saturated rings. The Hall–Kier alpha value is -1.83. The lowest BCUT2D eigenvalue weighted by Gasteiger charge is -2.42. The number of nitrogens with zero attached hydrogens (tertiary/aromatic N) is 2. The van der Waals surface area contributed by atoms with Crippen LogP contribution >= 0.6 is 11.6 Å². The first-order valence-corrected chi connectivity index (χ1v) is 9.90. The summed E-state index contributed by atoms with van der Waals surface area (Å²) >= 11 is 6.08. The van der Waals surface area contributed by atoms with E-state index in [9.17, 15) is 9.59 Å². The maximum atomic E-state index is 12.9. The molecule has 1 atom stereocenters. The second-order valence-electron chi connectivity index (χ2n) is 7.34. The minimum atomic E-state index is -0.882. The summed E-state index contributed by atoms with van der Waals surface area (Å²) in [6.07, 6.45) is 0.156. The van der Waals surface area contributed by atoms with Crippen molar-refractivity contribution in [1.29, 1.82) is 0 Å². The SMILES string of the molecule is CC(=O)N1CCO[C@](COc2ccc(Cl)c(C)c2)(CC(=O)N2CCOCC2)C1. The molecule has 2 amide bonds. The van der Waals surface area contributed by atoms with E-state index in [0.717, 1.165) is 5.56 Å². The van der Waals surface area contributed by atoms with Crippen LogP contribution in [0.25, 0.3) is 0 Å². The summed E-state index contributed by atoms with van der Waals surface area (Å²) in [4.78, 5) is 28.3. The van der Waals surface area contributed by atoms with Gasteiger partial charge in [-0.2, -0.15) is 0 Å². The molecule has 2 saturated heterocycles. The number of rotatable bonds is 5. The number of hydrogen-bond donors (Lipinski definition) is 0. The van der Waals surface area contributed by atoms with E-state index in [1.54, 1.807) is 21.9 Å². The lowest BCUT2D eigenvalue weighted by atomic mass is 9.96. The van der Waals surface area contributed by atoms with Gasteiger partial charge in [0.1, 0.15) is 18.0 Å². The molecular weight excluding hydrogens is 384 g/mol. The summed E-state index contributed by atoms with van der Waals surface area (Å²) in [7, 11) is 0. The normalized spacial score (nSPS) is 22.8. The fourth-order valence-electron chi connectivity index (χ4n) is 3.48. The summed E-state index contributed by atoms with van der Waals surface area (Å²) in [5.41, 5.74) is 0.0277. The van der Waals surface area contributed by atoms with Crippen LogP contribution in [-0.2, 0) is 19.1 Å². The number of hydrogen-bond acceptors (Lipinski definition) is 5. The Morgan fingerprint density at radius 2 is 1.89 bits per heavy atom. The van der Waals surface area contributed by atoms with Gasteiger partial charge in [-0.3, -0.25) is 9.59 Å². The molecule has 1 aromatic carbocycles. The molecule has 0 bridgehead atoms. The van der Waals surface area contributed by atoms with Crippen molar-refractivity contribution >= 4 is 23.4 Å². The van der Waals surface area contributed by atoms with Gasteiger partial charge in [-0.15, -0.1) is 0 Å². The molecule has 0 spiro atoms. The van der Waals surface area contributed by atoms with E-state index < -0.39 is 5.60 Å². The van der Waals surface area contributed by atoms with Crippen molar-refractivity contribution < 1.29 is 23.8 Å². The van der Waals surface area contributed by atoms with Crippen molar-refractivity contribution in [2.75, 3.05) is 52.6 Å². The van der Waals surface area contributed by atoms with Crippen LogP contribution in [0, 0.1) is 6.92 Å². The standard InChI is InChI=1S/C20H27ClN2O5/c1-15-11-17(3-4-18(15)21)27-14-20(13-23(16(2)24)7-10-28-20)12-19(25)22-5-8-26-9-6-22/h3-4,11H,5-10,12-14H2,1-2H3/t20-/m1/s1. The molecule has 28 heavy (non-hydrogen) atoms. The molecule has 0 aliphatic carbocycles. The Balaban J connectivity index is 1.74. The maximum Gasteiger partial charge on any atom is 0.225 e. The molecule has 3 rings (SSSR count). The van der Waals surface area contributed by atoms with Crippen molar-refractivity contribution in [3.05, 3.63) is 28.8 Å². The van der Waals surface area contributed by atoms with Crippen molar-refractivity contribution in [1.82, 2.24) is 9.80 Å². The summed E-state index contributed by atoms with van der Waals surface area (Å²) in [6, 6.07) is 5.42. The van der Waals surface area contributed by atoms with Gasteiger partial charge >= 0.3 is 0 Å². The van der Waals surface area contributed by atoms with Crippen molar-refractivity contribution in [2.24, 2.45) is 0 Å². The van der Waals surface area contributed by atoms with Gasteiger partial charge in [-0.25, -0.2) is 0 Å². The highest BCUT2D eigenvalue weighted by Gasteiger charge is 2.41. The van der Waals surface area contributed by atoms with Crippen LogP contribution in [0.3, 0.4) is 0 Å². The summed E-state index contributed by atoms with van der Waals surface area (Å²) < 4.78 is 17.4. The molecule has 8 heteroatoms. The van der Waals surface area contributed by atoms with E-state index in [2.05, 4.69) is 0 Å². The predicted octanol–water partition coefficient (Wildman–Crippen LogP) is 1.89. The third-order valence-electron chi connectivity index (χ3n) is 5.16. The zero-order valence-corrected chi connectivity index (χ0v) is 17.2. The minimum absolute atomic E-state index is 0.00964. The number of benzene rings is 1. The highest BCUT2D eigenvalue weighted by atomic mass is 35.5. The fourth-order valence-corrected chi connectivity index (χ4v) is 3.60. The number of carbonyl (C=O) groups is 2. The van der Waals surface area contributed by atoms with Gasteiger partial charge in [-0.1, -0.05) is 11.6 Å². The molecule has 2 heterocycles. The van der Waals surface area contributed by atoms with Crippen LogP contribution in [0.1, 0.15) is 18.9 Å². The third kappa shape index (κ3) is 5.16. The second kappa shape index (κ2) is 9.11. The molecule has 154 valence electrons. The first-order valence-electron chi connectivity index (χ1n) is 9.52. The first-order chi connectivity index (χ1) is 13.4. The number of carbonyl (C=O) groups excluding carboxylic acids is 2. The predicted molar refractivity (Wildman–Crippen MR) is 105 cm³/mol. The van der Waals surface area contributed by atoms with Gasteiger partial charge in [0, 0.05) is 31.6 Å². The molecule has 0 aromatic heterocycles. The van der Waals surface area contributed by atoms with E-state index >= 15 is 0 Å². The summed E-state index contributed by atoms with van der Waals surface area (Å²) in [6.45, 7) is 7.05. The van der Waals surface area contributed by atoms with Gasteiger partial charge in [0.2, 0.25) is 11.8 Å². The lowest BCUT2D eigenvalue weighted by molar-refractivity contribution is -0.166. The Bertz CT molecular complexity index is 723. The highest BCUT2D eigenvalue weighted by Crippen LogP contribution is 2.27. The summed E-state index contributed by atoms with van der Waals surface area (Å²) in [5.74, 6) is 0.613. The molecule has 0 unspecified atom stereocenters. The van der Waals surface area contributed by atoms with Crippen molar-refractivity contribution in [2.45, 2.75) is 25.9 Å². The number of amides is 2. The number of morpholine rings is 2.